The van der Waals surface area contributed by atoms with Crippen molar-refractivity contribution in [2.75, 3.05) is 6.61 Å². The highest BCUT2D eigenvalue weighted by Gasteiger charge is 2.48. The maximum atomic E-state index is 13.0. The Hall–Kier alpha value is -3.52. The van der Waals surface area contributed by atoms with Crippen molar-refractivity contribution in [3.63, 3.8) is 0 Å². The van der Waals surface area contributed by atoms with E-state index in [-0.39, 0.29) is 25.7 Å². The number of amides is 1. The number of carbonyl (C=O) groups is 2. The first kappa shape index (κ1) is 25.6. The average molecular weight is 490 g/mol. The molecule has 1 fully saturated rings. The van der Waals surface area contributed by atoms with Crippen LogP contribution in [0.3, 0.4) is 0 Å². The first-order valence-electron chi connectivity index (χ1n) is 12.0. The lowest BCUT2D eigenvalue weighted by molar-refractivity contribution is -0.213. The predicted molar refractivity (Wildman–Crippen MR) is 134 cm³/mol. The Kier molecular flexibility index (Phi) is 9.21. The van der Waals surface area contributed by atoms with Gasteiger partial charge in [0.2, 0.25) is 5.91 Å². The van der Waals surface area contributed by atoms with E-state index in [2.05, 4.69) is 5.32 Å². The van der Waals surface area contributed by atoms with Crippen LogP contribution in [-0.4, -0.2) is 42.8 Å². The molecule has 1 heterocycles. The van der Waals surface area contributed by atoms with Gasteiger partial charge in [-0.3, -0.25) is 4.79 Å². The third-order valence-corrected chi connectivity index (χ3v) is 5.86. The number of hydrogen-bond donors (Lipinski definition) is 1. The van der Waals surface area contributed by atoms with Gasteiger partial charge in [-0.25, -0.2) is 4.79 Å². The predicted octanol–water partition coefficient (Wildman–Crippen LogP) is 3.80. The summed E-state index contributed by atoms with van der Waals surface area (Å²) < 4.78 is 24.2. The lowest BCUT2D eigenvalue weighted by Gasteiger charge is -2.41. The summed E-state index contributed by atoms with van der Waals surface area (Å²) in [6.45, 7) is 2.38. The van der Waals surface area contributed by atoms with Gasteiger partial charge in [0, 0.05) is 6.92 Å². The van der Waals surface area contributed by atoms with Gasteiger partial charge in [-0.15, -0.1) is 0 Å². The fourth-order valence-corrected chi connectivity index (χ4v) is 4.11. The zero-order valence-electron chi connectivity index (χ0n) is 20.2. The second kappa shape index (κ2) is 13.0. The molecule has 7 heteroatoms. The lowest BCUT2D eigenvalue weighted by atomic mass is 9.96. The summed E-state index contributed by atoms with van der Waals surface area (Å²) in [6.07, 6.45) is -2.15. The molecule has 1 N–H and O–H groups in total. The van der Waals surface area contributed by atoms with Crippen LogP contribution in [0.4, 0.5) is 0 Å². The molecule has 0 aromatic heterocycles. The lowest BCUT2D eigenvalue weighted by Crippen LogP contribution is -2.63. The highest BCUT2D eigenvalue weighted by molar-refractivity contribution is 5.84. The summed E-state index contributed by atoms with van der Waals surface area (Å²) in [5, 5.41) is 2.69. The van der Waals surface area contributed by atoms with Gasteiger partial charge in [-0.1, -0.05) is 91.0 Å². The number of ether oxygens (including phenoxy) is 4. The maximum absolute atomic E-state index is 13.0. The summed E-state index contributed by atoms with van der Waals surface area (Å²) in [6, 6.07) is 28.1. The number of nitrogens with one attached hydrogen (secondary N) is 1. The Morgan fingerprint density at radius 3 is 1.72 bits per heavy atom. The van der Waals surface area contributed by atoms with Crippen LogP contribution in [0.1, 0.15) is 23.6 Å². The Balaban J connectivity index is 1.54. The minimum absolute atomic E-state index is 0.123. The minimum atomic E-state index is -1.00. The summed E-state index contributed by atoms with van der Waals surface area (Å²) in [5.41, 5.74) is 2.92. The highest BCUT2D eigenvalue weighted by atomic mass is 16.6. The van der Waals surface area contributed by atoms with Crippen LogP contribution in [-0.2, 0) is 48.4 Å². The molecule has 0 saturated carbocycles. The van der Waals surface area contributed by atoms with E-state index in [1.54, 1.807) is 0 Å². The van der Waals surface area contributed by atoms with Gasteiger partial charge in [0.15, 0.2) is 12.1 Å². The molecule has 1 amide bonds. The van der Waals surface area contributed by atoms with E-state index in [1.165, 1.54) is 6.92 Å². The molecule has 3 aromatic carbocycles. The Bertz CT molecular complexity index is 1090. The smallest absolute Gasteiger partial charge is 0.331 e. The molecule has 1 aliphatic heterocycles. The Labute approximate surface area is 211 Å². The van der Waals surface area contributed by atoms with Crippen LogP contribution < -0.4 is 5.32 Å². The summed E-state index contributed by atoms with van der Waals surface area (Å²) in [7, 11) is 0. The fraction of sp³-hybridized carbons (Fsp3) is 0.310. The molecule has 0 aliphatic carbocycles. The van der Waals surface area contributed by atoms with Crippen molar-refractivity contribution in [3.8, 4) is 0 Å². The molecule has 0 spiro atoms. The minimum Gasteiger partial charge on any atom is -0.455 e. The van der Waals surface area contributed by atoms with E-state index in [4.69, 9.17) is 18.9 Å². The monoisotopic (exact) mass is 489 g/mol. The van der Waals surface area contributed by atoms with Crippen LogP contribution in [0.25, 0.3) is 0 Å². The number of cyclic esters (lactones) is 1. The van der Waals surface area contributed by atoms with E-state index < -0.39 is 30.3 Å². The number of esters is 1. The van der Waals surface area contributed by atoms with Crippen molar-refractivity contribution in [1.82, 2.24) is 5.32 Å². The quantitative estimate of drug-likeness (QED) is 0.413. The van der Waals surface area contributed by atoms with Crippen molar-refractivity contribution in [2.45, 2.75) is 51.1 Å². The van der Waals surface area contributed by atoms with Crippen LogP contribution in [0.2, 0.25) is 0 Å². The molecule has 0 radical (unpaired) electrons. The van der Waals surface area contributed by atoms with Crippen LogP contribution >= 0.6 is 0 Å². The first-order valence-corrected chi connectivity index (χ1v) is 12.0. The second-order valence-electron chi connectivity index (χ2n) is 8.68. The SMILES string of the molecule is CC(=O)N[C@@H]1C(=O)OC(COCc2ccccc2)[C@@H](OCc2ccccc2)[C@@H]1OCc1ccccc1. The standard InChI is InChI=1S/C29H31NO6/c1-21(31)30-26-28(35-19-24-15-9-4-10-16-24)27(34-18-23-13-7-3-8-14-23)25(36-29(26)32)20-33-17-22-11-5-2-6-12-22/h2-16,25-28H,17-20H2,1H3,(H,30,31)/t25?,26-,27+,28+/m0/s1. The molecule has 1 saturated heterocycles. The van der Waals surface area contributed by atoms with Gasteiger partial charge in [0.25, 0.3) is 0 Å². The van der Waals surface area contributed by atoms with Gasteiger partial charge >= 0.3 is 5.97 Å². The number of carbonyl (C=O) groups excluding carboxylic acids is 2. The summed E-state index contributed by atoms with van der Waals surface area (Å²) in [5.74, 6) is -0.929. The van der Waals surface area contributed by atoms with E-state index in [0.717, 1.165) is 16.7 Å². The summed E-state index contributed by atoms with van der Waals surface area (Å²) >= 11 is 0. The van der Waals surface area contributed by atoms with Crippen LogP contribution in [0.15, 0.2) is 91.0 Å². The Morgan fingerprint density at radius 2 is 1.22 bits per heavy atom. The van der Waals surface area contributed by atoms with Crippen molar-refractivity contribution < 1.29 is 28.5 Å². The van der Waals surface area contributed by atoms with E-state index in [9.17, 15) is 9.59 Å². The molecule has 3 aromatic rings. The highest BCUT2D eigenvalue weighted by Crippen LogP contribution is 2.26. The van der Waals surface area contributed by atoms with Crippen molar-refractivity contribution in [2.24, 2.45) is 0 Å². The number of hydrogen-bond acceptors (Lipinski definition) is 6. The number of rotatable bonds is 11. The fourth-order valence-electron chi connectivity index (χ4n) is 4.11. The molecule has 36 heavy (non-hydrogen) atoms. The Morgan fingerprint density at radius 1 is 0.750 bits per heavy atom. The molecular weight excluding hydrogens is 458 g/mol. The molecule has 4 atom stereocenters. The third kappa shape index (κ3) is 7.24. The van der Waals surface area contributed by atoms with E-state index >= 15 is 0 Å². The largest absolute Gasteiger partial charge is 0.455 e. The normalized spacial score (nSPS) is 21.5. The number of benzene rings is 3. The van der Waals surface area contributed by atoms with Gasteiger partial charge < -0.3 is 24.3 Å². The molecular formula is C29H31NO6. The zero-order chi connectivity index (χ0) is 25.2. The third-order valence-electron chi connectivity index (χ3n) is 5.86. The maximum Gasteiger partial charge on any atom is 0.331 e. The molecule has 4 rings (SSSR count). The van der Waals surface area contributed by atoms with Crippen LogP contribution in [0, 0.1) is 0 Å². The van der Waals surface area contributed by atoms with E-state index in [0.29, 0.717) is 6.61 Å². The van der Waals surface area contributed by atoms with Gasteiger partial charge in [-0.2, -0.15) is 0 Å². The van der Waals surface area contributed by atoms with Crippen LogP contribution in [0.5, 0.6) is 0 Å². The second-order valence-corrected chi connectivity index (χ2v) is 8.68. The van der Waals surface area contributed by atoms with E-state index in [1.807, 2.05) is 91.0 Å². The average Bonchev–Trinajstić information content (AvgIpc) is 2.90. The molecule has 188 valence electrons. The topological polar surface area (TPSA) is 83.1 Å². The van der Waals surface area contributed by atoms with Crippen molar-refractivity contribution in [3.05, 3.63) is 108 Å². The molecule has 1 unspecified atom stereocenters. The summed E-state index contributed by atoms with van der Waals surface area (Å²) in [4.78, 5) is 24.9. The molecule has 1 aliphatic rings. The first-order chi connectivity index (χ1) is 17.6. The van der Waals surface area contributed by atoms with Gasteiger partial charge in [0.05, 0.1) is 26.4 Å². The van der Waals surface area contributed by atoms with Crippen molar-refractivity contribution in [1.29, 1.82) is 0 Å². The van der Waals surface area contributed by atoms with Gasteiger partial charge in [0.1, 0.15) is 12.2 Å². The van der Waals surface area contributed by atoms with Gasteiger partial charge in [-0.05, 0) is 16.7 Å². The molecule has 0 bridgehead atoms. The zero-order valence-corrected chi connectivity index (χ0v) is 20.2. The molecule has 7 nitrogen and oxygen atoms in total. The van der Waals surface area contributed by atoms with Crippen molar-refractivity contribution >= 4 is 11.9 Å².